The summed E-state index contributed by atoms with van der Waals surface area (Å²) in [6.45, 7) is 6.10. The summed E-state index contributed by atoms with van der Waals surface area (Å²) in [6.07, 6.45) is 10.9. The number of aryl methyl sites for hydroxylation is 1. The summed E-state index contributed by atoms with van der Waals surface area (Å²) in [5.41, 5.74) is 1.05. The Balaban J connectivity index is 2.28. The predicted octanol–water partition coefficient (Wildman–Crippen LogP) is 3.45. The van der Waals surface area contributed by atoms with Gasteiger partial charge in [-0.2, -0.15) is 4.31 Å². The van der Waals surface area contributed by atoms with Crippen molar-refractivity contribution >= 4 is 10.0 Å². The van der Waals surface area contributed by atoms with E-state index in [-0.39, 0.29) is 6.04 Å². The van der Waals surface area contributed by atoms with E-state index in [9.17, 15) is 8.42 Å². The normalized spacial score (nSPS) is 20.0. The number of benzene rings is 1. The quantitative estimate of drug-likeness (QED) is 0.617. The van der Waals surface area contributed by atoms with Crippen LogP contribution in [0, 0.1) is 6.92 Å². The van der Waals surface area contributed by atoms with E-state index in [1.165, 1.54) is 0 Å². The maximum atomic E-state index is 12.8. The van der Waals surface area contributed by atoms with E-state index in [0.29, 0.717) is 17.9 Å². The zero-order valence-electron chi connectivity index (χ0n) is 12.3. The fourth-order valence-electron chi connectivity index (χ4n) is 2.37. The minimum Gasteiger partial charge on any atom is -0.207 e. The van der Waals surface area contributed by atoms with E-state index >= 15 is 0 Å². The van der Waals surface area contributed by atoms with Crippen molar-refractivity contribution in [2.75, 3.05) is 6.54 Å². The summed E-state index contributed by atoms with van der Waals surface area (Å²) in [5, 5.41) is 0. The second-order valence-electron chi connectivity index (χ2n) is 5.11. The molecule has 0 amide bonds. The van der Waals surface area contributed by atoms with Crippen molar-refractivity contribution < 1.29 is 8.42 Å². The highest BCUT2D eigenvalue weighted by molar-refractivity contribution is 7.89. The minimum absolute atomic E-state index is 0.124. The first-order valence-corrected chi connectivity index (χ1v) is 8.52. The fourth-order valence-corrected chi connectivity index (χ4v) is 3.98. The average Bonchev–Trinajstić information content (AvgIpc) is 2.48. The number of hydrogen-bond donors (Lipinski definition) is 0. The zero-order valence-corrected chi connectivity index (χ0v) is 13.1. The molecule has 1 heterocycles. The molecule has 4 heteroatoms. The van der Waals surface area contributed by atoms with Gasteiger partial charge in [0.15, 0.2) is 0 Å². The predicted molar refractivity (Wildman–Crippen MR) is 86.6 cm³/mol. The molecule has 112 valence electrons. The van der Waals surface area contributed by atoms with Crippen LogP contribution in [-0.4, -0.2) is 25.3 Å². The van der Waals surface area contributed by atoms with Crippen LogP contribution in [0.3, 0.4) is 0 Å². The van der Waals surface area contributed by atoms with Crippen molar-refractivity contribution in [1.29, 1.82) is 0 Å². The second-order valence-corrected chi connectivity index (χ2v) is 7.00. The Morgan fingerprint density at radius 3 is 2.71 bits per heavy atom. The molecule has 0 radical (unpaired) electrons. The van der Waals surface area contributed by atoms with E-state index in [4.69, 9.17) is 0 Å². The molecule has 0 saturated carbocycles. The van der Waals surface area contributed by atoms with E-state index in [0.717, 1.165) is 12.0 Å². The third-order valence-corrected chi connectivity index (χ3v) is 5.46. The average molecular weight is 303 g/mol. The summed E-state index contributed by atoms with van der Waals surface area (Å²) in [5.74, 6) is 0. The molecule has 0 bridgehead atoms. The van der Waals surface area contributed by atoms with Gasteiger partial charge >= 0.3 is 0 Å². The van der Waals surface area contributed by atoms with Crippen LogP contribution in [0.5, 0.6) is 0 Å². The van der Waals surface area contributed by atoms with Crippen molar-refractivity contribution in [3.63, 3.8) is 0 Å². The number of nitrogens with zero attached hydrogens (tertiary/aromatic N) is 1. The highest BCUT2D eigenvalue weighted by Gasteiger charge is 2.30. The van der Waals surface area contributed by atoms with Crippen LogP contribution in [0.15, 0.2) is 66.1 Å². The number of sulfonamides is 1. The maximum absolute atomic E-state index is 12.8. The first kappa shape index (κ1) is 15.7. The molecule has 1 aliphatic rings. The van der Waals surface area contributed by atoms with Gasteiger partial charge in [0.1, 0.15) is 0 Å². The first-order valence-electron chi connectivity index (χ1n) is 7.08. The Kier molecular flexibility index (Phi) is 5.15. The van der Waals surface area contributed by atoms with Crippen LogP contribution >= 0.6 is 0 Å². The summed E-state index contributed by atoms with van der Waals surface area (Å²) in [6, 6.07) is 6.90. The van der Waals surface area contributed by atoms with Gasteiger partial charge in [-0.15, -0.1) is 0 Å². The molecule has 0 aliphatic carbocycles. The molecule has 1 aromatic carbocycles. The van der Waals surface area contributed by atoms with Crippen molar-refractivity contribution in [1.82, 2.24) is 4.31 Å². The molecule has 2 rings (SSSR count). The second kappa shape index (κ2) is 6.87. The van der Waals surface area contributed by atoms with Gasteiger partial charge in [-0.25, -0.2) is 8.42 Å². The molecular formula is C17H21NO2S. The van der Waals surface area contributed by atoms with E-state index in [1.54, 1.807) is 22.5 Å². The van der Waals surface area contributed by atoms with Crippen LogP contribution in [0.1, 0.15) is 18.4 Å². The summed E-state index contributed by atoms with van der Waals surface area (Å²) in [7, 11) is -3.44. The highest BCUT2D eigenvalue weighted by Crippen LogP contribution is 2.24. The molecule has 0 aromatic heterocycles. The van der Waals surface area contributed by atoms with Gasteiger partial charge in [0, 0.05) is 12.6 Å². The lowest BCUT2D eigenvalue weighted by atomic mass is 10.1. The van der Waals surface area contributed by atoms with Gasteiger partial charge in [0.25, 0.3) is 0 Å². The van der Waals surface area contributed by atoms with Crippen LogP contribution in [-0.2, 0) is 10.0 Å². The molecule has 0 spiro atoms. The van der Waals surface area contributed by atoms with Crippen LogP contribution in [0.25, 0.3) is 0 Å². The highest BCUT2D eigenvalue weighted by atomic mass is 32.2. The molecule has 0 saturated heterocycles. The maximum Gasteiger partial charge on any atom is 0.243 e. The SMILES string of the molecule is C=C/C=C/C[C@H]1C=CCCN1S(=O)(=O)c1ccc(C)cc1. The van der Waals surface area contributed by atoms with Gasteiger partial charge in [-0.1, -0.05) is 54.7 Å². The number of allylic oxidation sites excluding steroid dienone is 2. The molecular weight excluding hydrogens is 282 g/mol. The third kappa shape index (κ3) is 3.71. The molecule has 0 unspecified atom stereocenters. The summed E-state index contributed by atoms with van der Waals surface area (Å²) < 4.78 is 27.2. The van der Waals surface area contributed by atoms with Crippen molar-refractivity contribution in [2.45, 2.75) is 30.7 Å². The van der Waals surface area contributed by atoms with Gasteiger partial charge in [-0.3, -0.25) is 0 Å². The fraction of sp³-hybridized carbons (Fsp3) is 0.294. The van der Waals surface area contributed by atoms with Crippen LogP contribution < -0.4 is 0 Å². The third-order valence-electron chi connectivity index (χ3n) is 3.52. The van der Waals surface area contributed by atoms with E-state index in [1.807, 2.05) is 43.4 Å². The molecule has 1 aromatic rings. The van der Waals surface area contributed by atoms with Crippen molar-refractivity contribution in [3.05, 3.63) is 66.8 Å². The molecule has 0 N–H and O–H groups in total. The van der Waals surface area contributed by atoms with Gasteiger partial charge in [0.05, 0.1) is 4.90 Å². The van der Waals surface area contributed by atoms with Crippen molar-refractivity contribution in [2.24, 2.45) is 0 Å². The monoisotopic (exact) mass is 303 g/mol. The Labute approximate surface area is 127 Å². The van der Waals surface area contributed by atoms with E-state index in [2.05, 4.69) is 6.58 Å². The van der Waals surface area contributed by atoms with E-state index < -0.39 is 10.0 Å². The Morgan fingerprint density at radius 1 is 1.33 bits per heavy atom. The molecule has 21 heavy (non-hydrogen) atoms. The molecule has 1 atom stereocenters. The van der Waals surface area contributed by atoms with Gasteiger partial charge < -0.3 is 0 Å². The lowest BCUT2D eigenvalue weighted by molar-refractivity contribution is 0.355. The summed E-state index contributed by atoms with van der Waals surface area (Å²) >= 11 is 0. The standard InChI is InChI=1S/C17H21NO2S/c1-3-4-5-8-16-9-6-7-14-18(16)21(19,20)17-12-10-15(2)11-13-17/h3-6,9-13,16H,1,7-8,14H2,2H3/b5-4+/t16-/m0/s1. The Hall–Kier alpha value is -1.65. The molecule has 1 aliphatic heterocycles. The Morgan fingerprint density at radius 2 is 2.05 bits per heavy atom. The number of hydrogen-bond acceptors (Lipinski definition) is 2. The molecule has 3 nitrogen and oxygen atoms in total. The Bertz CT molecular complexity index is 642. The topological polar surface area (TPSA) is 37.4 Å². The minimum atomic E-state index is -3.44. The smallest absolute Gasteiger partial charge is 0.207 e. The number of rotatable bonds is 5. The zero-order chi connectivity index (χ0) is 15.3. The van der Waals surface area contributed by atoms with Crippen LogP contribution in [0.2, 0.25) is 0 Å². The van der Waals surface area contributed by atoms with Crippen LogP contribution in [0.4, 0.5) is 0 Å². The lowest BCUT2D eigenvalue weighted by Crippen LogP contribution is -2.41. The van der Waals surface area contributed by atoms with Gasteiger partial charge in [0.2, 0.25) is 10.0 Å². The molecule has 0 fully saturated rings. The lowest BCUT2D eigenvalue weighted by Gasteiger charge is -2.30. The van der Waals surface area contributed by atoms with Gasteiger partial charge in [-0.05, 0) is 31.9 Å². The summed E-state index contributed by atoms with van der Waals surface area (Å²) in [4.78, 5) is 0.362. The van der Waals surface area contributed by atoms with Crippen molar-refractivity contribution in [3.8, 4) is 0 Å². The first-order chi connectivity index (χ1) is 10.1. The largest absolute Gasteiger partial charge is 0.243 e.